The number of carboxylic acids is 1. The molecule has 0 saturated carbocycles. The lowest BCUT2D eigenvalue weighted by molar-refractivity contribution is -0.379. The van der Waals surface area contributed by atoms with Gasteiger partial charge < -0.3 is 14.6 Å². The molecule has 108 valence electrons. The molecule has 1 N–H and O–H groups in total. The van der Waals surface area contributed by atoms with E-state index in [4.69, 9.17) is 14.7 Å². The fourth-order valence-corrected chi connectivity index (χ4v) is 2.95. The molecule has 5 nitrogen and oxygen atoms in total. The van der Waals surface area contributed by atoms with E-state index in [9.17, 15) is 9.90 Å². The maximum Gasteiger partial charge on any atom is 0.306 e. The molecule has 0 aliphatic carbocycles. The Morgan fingerprint density at radius 2 is 1.95 bits per heavy atom. The molecule has 0 amide bonds. The van der Waals surface area contributed by atoms with E-state index in [1.54, 1.807) is 13.8 Å². The first-order chi connectivity index (χ1) is 8.60. The van der Waals surface area contributed by atoms with Gasteiger partial charge in [0.25, 0.3) is 0 Å². The average Bonchev–Trinajstić information content (AvgIpc) is 2.24. The molecule has 1 aliphatic heterocycles. The molecule has 2 atom stereocenters. The van der Waals surface area contributed by atoms with Gasteiger partial charge in [0.05, 0.1) is 30.6 Å². The summed E-state index contributed by atoms with van der Waals surface area (Å²) in [5, 5.41) is 18.2. The van der Waals surface area contributed by atoms with Gasteiger partial charge in [-0.2, -0.15) is 5.26 Å². The van der Waals surface area contributed by atoms with Crippen LogP contribution in [0, 0.1) is 16.7 Å². The largest absolute Gasteiger partial charge is 0.481 e. The van der Waals surface area contributed by atoms with Crippen LogP contribution < -0.4 is 0 Å². The zero-order valence-corrected chi connectivity index (χ0v) is 12.3. The van der Waals surface area contributed by atoms with Gasteiger partial charge in [-0.25, -0.2) is 0 Å². The van der Waals surface area contributed by atoms with Gasteiger partial charge in [-0.1, -0.05) is 20.8 Å². The Bertz CT molecular complexity index is 397. The standard InChI is InChI=1S/C14H23NO4/c1-6-14(9-11(16)17)12(2,3)10(7-8-15)18-13(4,5)19-14/h10H,6-7,9H2,1-5H3,(H,16,17). The zero-order valence-electron chi connectivity index (χ0n) is 12.3. The van der Waals surface area contributed by atoms with Crippen molar-refractivity contribution in [3.8, 4) is 6.07 Å². The molecule has 1 fully saturated rings. The fourth-order valence-electron chi connectivity index (χ4n) is 2.95. The molecule has 5 heteroatoms. The minimum atomic E-state index is -0.900. The molecule has 0 spiro atoms. The summed E-state index contributed by atoms with van der Waals surface area (Å²) in [5.41, 5.74) is -1.38. The van der Waals surface area contributed by atoms with Crippen LogP contribution in [0.3, 0.4) is 0 Å². The van der Waals surface area contributed by atoms with Crippen molar-refractivity contribution in [2.45, 2.75) is 71.4 Å². The SMILES string of the molecule is CCC1(CC(=O)O)OC(C)(C)OC(CC#N)C1(C)C. The molecule has 0 aromatic carbocycles. The molecule has 0 bridgehead atoms. The molecular formula is C14H23NO4. The summed E-state index contributed by atoms with van der Waals surface area (Å²) in [5.74, 6) is -1.79. The van der Waals surface area contributed by atoms with Gasteiger partial charge in [0.15, 0.2) is 5.79 Å². The molecule has 0 radical (unpaired) electrons. The van der Waals surface area contributed by atoms with E-state index in [1.165, 1.54) is 0 Å². The Morgan fingerprint density at radius 3 is 2.37 bits per heavy atom. The zero-order chi connectivity index (χ0) is 14.9. The summed E-state index contributed by atoms with van der Waals surface area (Å²) in [4.78, 5) is 11.2. The van der Waals surface area contributed by atoms with Crippen LogP contribution >= 0.6 is 0 Å². The van der Waals surface area contributed by atoms with Crippen LogP contribution in [0.25, 0.3) is 0 Å². The normalized spacial score (nSPS) is 32.5. The van der Waals surface area contributed by atoms with E-state index in [1.807, 2.05) is 20.8 Å². The predicted molar refractivity (Wildman–Crippen MR) is 69.3 cm³/mol. The fraction of sp³-hybridized carbons (Fsp3) is 0.857. The Balaban J connectivity index is 3.24. The first-order valence-corrected chi connectivity index (χ1v) is 6.57. The molecular weight excluding hydrogens is 246 g/mol. The van der Waals surface area contributed by atoms with Crippen LogP contribution in [-0.4, -0.2) is 28.6 Å². The Morgan fingerprint density at radius 1 is 1.37 bits per heavy atom. The topological polar surface area (TPSA) is 79.6 Å². The van der Waals surface area contributed by atoms with Crippen LogP contribution in [0.2, 0.25) is 0 Å². The number of ether oxygens (including phenoxy) is 2. The van der Waals surface area contributed by atoms with E-state index in [0.29, 0.717) is 6.42 Å². The van der Waals surface area contributed by atoms with Crippen molar-refractivity contribution in [3.63, 3.8) is 0 Å². The second-order valence-corrected chi connectivity index (χ2v) is 6.11. The third-order valence-corrected chi connectivity index (χ3v) is 4.13. The van der Waals surface area contributed by atoms with E-state index in [2.05, 4.69) is 6.07 Å². The summed E-state index contributed by atoms with van der Waals surface area (Å²) in [6, 6.07) is 2.12. The number of hydrogen-bond acceptors (Lipinski definition) is 4. The van der Waals surface area contributed by atoms with Crippen molar-refractivity contribution in [2.75, 3.05) is 0 Å². The molecule has 1 saturated heterocycles. The van der Waals surface area contributed by atoms with Crippen molar-refractivity contribution in [3.05, 3.63) is 0 Å². The van der Waals surface area contributed by atoms with E-state index < -0.39 is 22.8 Å². The monoisotopic (exact) mass is 269 g/mol. The molecule has 1 aliphatic rings. The van der Waals surface area contributed by atoms with Crippen LogP contribution in [0.4, 0.5) is 0 Å². The predicted octanol–water partition coefficient (Wildman–Crippen LogP) is 2.70. The lowest BCUT2D eigenvalue weighted by atomic mass is 9.65. The third kappa shape index (κ3) is 2.90. The highest BCUT2D eigenvalue weighted by Crippen LogP contribution is 2.51. The summed E-state index contributed by atoms with van der Waals surface area (Å²) in [7, 11) is 0. The van der Waals surface area contributed by atoms with Crippen molar-refractivity contribution in [1.29, 1.82) is 5.26 Å². The third-order valence-electron chi connectivity index (χ3n) is 4.13. The van der Waals surface area contributed by atoms with Crippen LogP contribution in [0.1, 0.15) is 53.9 Å². The maximum atomic E-state index is 11.2. The van der Waals surface area contributed by atoms with Gasteiger partial charge in [0, 0.05) is 5.41 Å². The number of hydrogen-bond donors (Lipinski definition) is 1. The smallest absolute Gasteiger partial charge is 0.306 e. The summed E-state index contributed by atoms with van der Waals surface area (Å²) >= 11 is 0. The minimum absolute atomic E-state index is 0.0920. The Hall–Kier alpha value is -1.12. The van der Waals surface area contributed by atoms with Gasteiger partial charge in [-0.15, -0.1) is 0 Å². The van der Waals surface area contributed by atoms with Gasteiger partial charge in [-0.3, -0.25) is 4.79 Å². The molecule has 19 heavy (non-hydrogen) atoms. The molecule has 0 aromatic heterocycles. The Kier molecular flexibility index (Phi) is 4.28. The van der Waals surface area contributed by atoms with Gasteiger partial charge in [0.1, 0.15) is 0 Å². The second kappa shape index (κ2) is 5.10. The van der Waals surface area contributed by atoms with Crippen LogP contribution in [0.15, 0.2) is 0 Å². The second-order valence-electron chi connectivity index (χ2n) is 6.11. The van der Waals surface area contributed by atoms with E-state index >= 15 is 0 Å². The minimum Gasteiger partial charge on any atom is -0.481 e. The lowest BCUT2D eigenvalue weighted by Gasteiger charge is -2.57. The Labute approximate surface area is 114 Å². The van der Waals surface area contributed by atoms with Gasteiger partial charge in [-0.05, 0) is 20.3 Å². The molecule has 0 aromatic rings. The number of carboxylic acid groups (broad SMARTS) is 1. The van der Waals surface area contributed by atoms with Crippen molar-refractivity contribution < 1.29 is 19.4 Å². The summed E-state index contributed by atoms with van der Waals surface area (Å²) in [6.45, 7) is 9.26. The number of carbonyl (C=O) groups is 1. The van der Waals surface area contributed by atoms with Crippen molar-refractivity contribution >= 4 is 5.97 Å². The summed E-state index contributed by atoms with van der Waals surface area (Å²) < 4.78 is 11.8. The number of aliphatic carboxylic acids is 1. The number of rotatable bonds is 4. The first kappa shape index (κ1) is 15.9. The maximum absolute atomic E-state index is 11.2. The quantitative estimate of drug-likeness (QED) is 0.848. The van der Waals surface area contributed by atoms with Crippen LogP contribution in [-0.2, 0) is 14.3 Å². The molecule has 2 unspecified atom stereocenters. The van der Waals surface area contributed by atoms with Gasteiger partial charge in [0.2, 0.25) is 0 Å². The van der Waals surface area contributed by atoms with Gasteiger partial charge >= 0.3 is 5.97 Å². The highest BCUT2D eigenvalue weighted by atomic mass is 16.7. The average molecular weight is 269 g/mol. The lowest BCUT2D eigenvalue weighted by Crippen LogP contribution is -2.64. The molecule has 1 heterocycles. The highest BCUT2D eigenvalue weighted by Gasteiger charge is 2.58. The highest BCUT2D eigenvalue weighted by molar-refractivity contribution is 5.68. The van der Waals surface area contributed by atoms with Crippen molar-refractivity contribution in [1.82, 2.24) is 0 Å². The van der Waals surface area contributed by atoms with E-state index in [0.717, 1.165) is 0 Å². The van der Waals surface area contributed by atoms with E-state index in [-0.39, 0.29) is 18.9 Å². The summed E-state index contributed by atoms with van der Waals surface area (Å²) in [6.07, 6.45) is 0.341. The van der Waals surface area contributed by atoms with Crippen molar-refractivity contribution in [2.24, 2.45) is 5.41 Å². The van der Waals surface area contributed by atoms with Crippen LogP contribution in [0.5, 0.6) is 0 Å². The number of nitriles is 1. The number of nitrogens with zero attached hydrogens (tertiary/aromatic N) is 1. The first-order valence-electron chi connectivity index (χ1n) is 6.57. The molecule has 1 rings (SSSR count).